The van der Waals surface area contributed by atoms with Gasteiger partial charge in [0.15, 0.2) is 0 Å². The topological polar surface area (TPSA) is 29.5 Å². The summed E-state index contributed by atoms with van der Waals surface area (Å²) in [5.74, 6) is 0.144. The van der Waals surface area contributed by atoms with E-state index in [0.29, 0.717) is 19.8 Å². The molecule has 15 heavy (non-hydrogen) atoms. The number of halogens is 1. The second-order valence-electron chi connectivity index (χ2n) is 3.52. The highest BCUT2D eigenvalue weighted by atomic mass is 127. The van der Waals surface area contributed by atoms with Crippen LogP contribution in [0.25, 0.3) is 0 Å². The van der Waals surface area contributed by atoms with Gasteiger partial charge in [-0.3, -0.25) is 4.79 Å². The van der Waals surface area contributed by atoms with Crippen molar-refractivity contribution in [2.24, 2.45) is 0 Å². The maximum absolute atomic E-state index is 12.2. The van der Waals surface area contributed by atoms with Crippen LogP contribution in [0, 0.1) is 3.57 Å². The summed E-state index contributed by atoms with van der Waals surface area (Å²) >= 11 is 3.72. The molecule has 0 unspecified atom stereocenters. The minimum Gasteiger partial charge on any atom is -0.377 e. The van der Waals surface area contributed by atoms with Crippen LogP contribution >= 0.6 is 33.9 Å². The van der Waals surface area contributed by atoms with Gasteiger partial charge in [-0.2, -0.15) is 0 Å². The number of amides is 1. The minimum atomic E-state index is 0.144. The van der Waals surface area contributed by atoms with Gasteiger partial charge in [0.25, 0.3) is 5.91 Å². The Balaban J connectivity index is 2.17. The fraction of sp³-hybridized carbons (Fsp3) is 0.500. The van der Waals surface area contributed by atoms with E-state index in [1.165, 1.54) is 11.3 Å². The zero-order chi connectivity index (χ0) is 10.8. The summed E-state index contributed by atoms with van der Waals surface area (Å²) in [5.41, 5.74) is 0. The summed E-state index contributed by atoms with van der Waals surface area (Å²) in [6.07, 6.45) is 0. The Hall–Kier alpha value is -0.140. The third-order valence-corrected chi connectivity index (χ3v) is 4.61. The standard InChI is InChI=1S/C10H12INO2S/c1-7-6-14-4-3-12(7)10(13)9-8(11)2-5-15-9/h2,5,7H,3-4,6H2,1H3/t7-/m1/s1. The van der Waals surface area contributed by atoms with Gasteiger partial charge >= 0.3 is 0 Å². The molecule has 1 aliphatic heterocycles. The molecule has 0 aromatic carbocycles. The molecule has 0 spiro atoms. The van der Waals surface area contributed by atoms with Gasteiger partial charge in [0.2, 0.25) is 0 Å². The SMILES string of the molecule is C[C@@H]1COCCN1C(=O)c1sccc1I. The highest BCUT2D eigenvalue weighted by Crippen LogP contribution is 2.22. The van der Waals surface area contributed by atoms with Crippen molar-refractivity contribution in [2.45, 2.75) is 13.0 Å². The average Bonchev–Trinajstić information content (AvgIpc) is 2.64. The molecule has 1 amide bonds. The zero-order valence-corrected chi connectivity index (χ0v) is 11.4. The Kier molecular flexibility index (Phi) is 3.63. The highest BCUT2D eigenvalue weighted by molar-refractivity contribution is 14.1. The smallest absolute Gasteiger partial charge is 0.265 e. The van der Waals surface area contributed by atoms with Crippen LogP contribution in [0.2, 0.25) is 0 Å². The van der Waals surface area contributed by atoms with Crippen LogP contribution in [-0.2, 0) is 4.74 Å². The molecule has 0 saturated carbocycles. The van der Waals surface area contributed by atoms with E-state index in [0.717, 1.165) is 8.45 Å². The predicted molar refractivity (Wildman–Crippen MR) is 68.4 cm³/mol. The summed E-state index contributed by atoms with van der Waals surface area (Å²) in [6, 6.07) is 2.16. The largest absolute Gasteiger partial charge is 0.377 e. The van der Waals surface area contributed by atoms with Gasteiger partial charge < -0.3 is 9.64 Å². The Morgan fingerprint density at radius 2 is 2.53 bits per heavy atom. The van der Waals surface area contributed by atoms with Crippen LogP contribution in [0.4, 0.5) is 0 Å². The molecule has 1 atom stereocenters. The Morgan fingerprint density at radius 1 is 1.73 bits per heavy atom. The Morgan fingerprint density at radius 3 is 3.13 bits per heavy atom. The van der Waals surface area contributed by atoms with Crippen LogP contribution in [0.3, 0.4) is 0 Å². The van der Waals surface area contributed by atoms with E-state index >= 15 is 0 Å². The van der Waals surface area contributed by atoms with E-state index in [4.69, 9.17) is 4.74 Å². The molecule has 0 N–H and O–H groups in total. The van der Waals surface area contributed by atoms with Crippen molar-refractivity contribution >= 4 is 39.8 Å². The summed E-state index contributed by atoms with van der Waals surface area (Å²) in [7, 11) is 0. The number of thiophene rings is 1. The lowest BCUT2D eigenvalue weighted by molar-refractivity contribution is 0.00381. The summed E-state index contributed by atoms with van der Waals surface area (Å²) in [4.78, 5) is 14.9. The zero-order valence-electron chi connectivity index (χ0n) is 8.40. The van der Waals surface area contributed by atoms with E-state index in [1.807, 2.05) is 23.3 Å². The summed E-state index contributed by atoms with van der Waals surface area (Å²) < 4.78 is 6.36. The van der Waals surface area contributed by atoms with Crippen molar-refractivity contribution in [1.29, 1.82) is 0 Å². The first-order chi connectivity index (χ1) is 7.20. The van der Waals surface area contributed by atoms with Gasteiger partial charge in [-0.15, -0.1) is 11.3 Å². The van der Waals surface area contributed by atoms with Crippen molar-refractivity contribution in [3.63, 3.8) is 0 Å². The molecule has 1 aliphatic rings. The molecule has 0 aliphatic carbocycles. The minimum absolute atomic E-state index is 0.144. The first-order valence-electron chi connectivity index (χ1n) is 4.82. The molecule has 1 aromatic heterocycles. The van der Waals surface area contributed by atoms with Crippen molar-refractivity contribution in [3.05, 3.63) is 19.9 Å². The maximum Gasteiger partial charge on any atom is 0.265 e. The number of hydrogen-bond donors (Lipinski definition) is 0. The maximum atomic E-state index is 12.2. The van der Waals surface area contributed by atoms with Gasteiger partial charge in [0.05, 0.1) is 19.3 Å². The van der Waals surface area contributed by atoms with Crippen LogP contribution in [0.5, 0.6) is 0 Å². The molecule has 82 valence electrons. The van der Waals surface area contributed by atoms with E-state index in [1.54, 1.807) is 0 Å². The third-order valence-electron chi connectivity index (χ3n) is 2.44. The molecule has 1 aromatic rings. The molecule has 1 fully saturated rings. The van der Waals surface area contributed by atoms with Crippen LogP contribution in [0.15, 0.2) is 11.4 Å². The molecule has 2 heterocycles. The van der Waals surface area contributed by atoms with Gasteiger partial charge in [0.1, 0.15) is 4.88 Å². The number of carbonyl (C=O) groups is 1. The quantitative estimate of drug-likeness (QED) is 0.736. The van der Waals surface area contributed by atoms with E-state index in [9.17, 15) is 4.79 Å². The molecular weight excluding hydrogens is 325 g/mol. The Bertz CT molecular complexity index is 366. The molecular formula is C10H12INO2S. The second kappa shape index (κ2) is 4.80. The van der Waals surface area contributed by atoms with Crippen molar-refractivity contribution in [2.75, 3.05) is 19.8 Å². The van der Waals surface area contributed by atoms with Crippen molar-refractivity contribution in [1.82, 2.24) is 4.90 Å². The first-order valence-corrected chi connectivity index (χ1v) is 6.77. The van der Waals surface area contributed by atoms with E-state index in [-0.39, 0.29) is 11.9 Å². The summed E-state index contributed by atoms with van der Waals surface area (Å²) in [6.45, 7) is 4.03. The van der Waals surface area contributed by atoms with Crippen molar-refractivity contribution < 1.29 is 9.53 Å². The molecule has 3 nitrogen and oxygen atoms in total. The monoisotopic (exact) mass is 337 g/mol. The summed E-state index contributed by atoms with van der Waals surface area (Å²) in [5, 5.41) is 1.96. The fourth-order valence-corrected chi connectivity index (χ4v) is 3.38. The molecule has 1 saturated heterocycles. The Labute approximate surface area is 107 Å². The molecule has 2 rings (SSSR count). The third kappa shape index (κ3) is 2.34. The fourth-order valence-electron chi connectivity index (χ4n) is 1.61. The lowest BCUT2D eigenvalue weighted by atomic mass is 10.2. The van der Waals surface area contributed by atoms with Gasteiger partial charge in [0, 0.05) is 10.1 Å². The lowest BCUT2D eigenvalue weighted by Gasteiger charge is -2.33. The van der Waals surface area contributed by atoms with Crippen molar-refractivity contribution in [3.8, 4) is 0 Å². The normalized spacial score (nSPS) is 21.7. The predicted octanol–water partition coefficient (Wildman–Crippen LogP) is 2.21. The van der Waals surface area contributed by atoms with Crippen LogP contribution in [0.1, 0.15) is 16.6 Å². The molecule has 0 radical (unpaired) electrons. The number of rotatable bonds is 1. The first kappa shape index (κ1) is 11.3. The lowest BCUT2D eigenvalue weighted by Crippen LogP contribution is -2.47. The van der Waals surface area contributed by atoms with E-state index in [2.05, 4.69) is 22.6 Å². The number of nitrogens with zero attached hydrogens (tertiary/aromatic N) is 1. The average molecular weight is 337 g/mol. The number of ether oxygens (including phenoxy) is 1. The number of carbonyl (C=O) groups excluding carboxylic acids is 1. The number of hydrogen-bond acceptors (Lipinski definition) is 3. The van der Waals surface area contributed by atoms with E-state index < -0.39 is 0 Å². The van der Waals surface area contributed by atoms with Crippen LogP contribution in [-0.4, -0.2) is 36.6 Å². The number of morpholine rings is 1. The second-order valence-corrected chi connectivity index (χ2v) is 5.60. The van der Waals surface area contributed by atoms with Crippen LogP contribution < -0.4 is 0 Å². The molecule has 5 heteroatoms. The van der Waals surface area contributed by atoms with Gasteiger partial charge in [-0.1, -0.05) is 0 Å². The molecule has 0 bridgehead atoms. The van der Waals surface area contributed by atoms with Gasteiger partial charge in [-0.25, -0.2) is 0 Å². The van der Waals surface area contributed by atoms with Gasteiger partial charge in [-0.05, 0) is 41.0 Å². The highest BCUT2D eigenvalue weighted by Gasteiger charge is 2.26.